The van der Waals surface area contributed by atoms with E-state index < -0.39 is 10.0 Å². The zero-order chi connectivity index (χ0) is 13.6. The summed E-state index contributed by atoms with van der Waals surface area (Å²) in [6, 6.07) is 7.71. The molecule has 0 aromatic heterocycles. The maximum Gasteiger partial charge on any atom is 0.233 e. The molecule has 0 saturated carbocycles. The van der Waals surface area contributed by atoms with Gasteiger partial charge in [0.05, 0.1) is 0 Å². The Morgan fingerprint density at radius 3 is 2.39 bits per heavy atom. The summed E-state index contributed by atoms with van der Waals surface area (Å²) in [7, 11) is -3.32. The van der Waals surface area contributed by atoms with Crippen LogP contribution in [0.4, 0.5) is 0 Å². The number of aryl methyl sites for hydroxylation is 1. The molecule has 1 aromatic carbocycles. The Bertz CT molecular complexity index is 487. The number of rotatable bonds is 6. The van der Waals surface area contributed by atoms with Crippen molar-refractivity contribution in [1.29, 1.82) is 0 Å². The summed E-state index contributed by atoms with van der Waals surface area (Å²) in [5.41, 5.74) is 2.04. The van der Waals surface area contributed by atoms with Crippen molar-refractivity contribution < 1.29 is 8.42 Å². The lowest BCUT2D eigenvalue weighted by Gasteiger charge is -2.05. The van der Waals surface area contributed by atoms with Gasteiger partial charge in [0.1, 0.15) is 0 Å². The van der Waals surface area contributed by atoms with Crippen molar-refractivity contribution >= 4 is 16.1 Å². The van der Waals surface area contributed by atoms with Gasteiger partial charge in [-0.2, -0.15) is 0 Å². The highest BCUT2D eigenvalue weighted by atomic mass is 32.2. The van der Waals surface area contributed by atoms with Crippen molar-refractivity contribution in [2.24, 2.45) is 5.92 Å². The molecule has 0 amide bonds. The molecule has 0 fully saturated rings. The van der Waals surface area contributed by atoms with E-state index in [1.54, 1.807) is 6.08 Å². The summed E-state index contributed by atoms with van der Waals surface area (Å²) in [6.45, 7) is 6.61. The van der Waals surface area contributed by atoms with Crippen LogP contribution < -0.4 is 4.72 Å². The van der Waals surface area contributed by atoms with Crippen molar-refractivity contribution in [3.8, 4) is 0 Å². The molecule has 4 heteroatoms. The van der Waals surface area contributed by atoms with E-state index in [0.29, 0.717) is 12.5 Å². The Balaban J connectivity index is 2.57. The molecule has 0 aliphatic heterocycles. The third-order valence-corrected chi connectivity index (χ3v) is 3.64. The second-order valence-corrected chi connectivity index (χ2v) is 6.49. The van der Waals surface area contributed by atoms with Gasteiger partial charge in [0.15, 0.2) is 0 Å². The standard InChI is InChI=1S/C14H21NO2S/c1-12(2)8-10-15-18(16,17)11-9-14-6-4-13(3)5-7-14/h4-7,9,11-12,15H,8,10H2,1-3H3/b11-9+. The lowest BCUT2D eigenvalue weighted by Crippen LogP contribution is -2.23. The monoisotopic (exact) mass is 267 g/mol. The Kier molecular flexibility index (Phi) is 5.56. The number of nitrogens with one attached hydrogen (secondary N) is 1. The molecule has 0 aliphatic carbocycles. The fourth-order valence-corrected chi connectivity index (χ4v) is 2.22. The third kappa shape index (κ3) is 5.98. The minimum absolute atomic E-state index is 0.484. The van der Waals surface area contributed by atoms with Crippen LogP contribution in [0.1, 0.15) is 31.4 Å². The average Bonchev–Trinajstić information content (AvgIpc) is 2.27. The second kappa shape index (κ2) is 6.71. The predicted octanol–water partition coefficient (Wildman–Crippen LogP) is 2.93. The molecule has 0 radical (unpaired) electrons. The largest absolute Gasteiger partial charge is 0.233 e. The van der Waals surface area contributed by atoms with E-state index in [-0.39, 0.29) is 0 Å². The predicted molar refractivity (Wildman–Crippen MR) is 76.6 cm³/mol. The zero-order valence-corrected chi connectivity index (χ0v) is 12.0. The number of hydrogen-bond acceptors (Lipinski definition) is 2. The molecule has 0 spiro atoms. The van der Waals surface area contributed by atoms with Crippen LogP contribution in [0.2, 0.25) is 0 Å². The first-order valence-electron chi connectivity index (χ1n) is 6.13. The Labute approximate surface area is 110 Å². The van der Waals surface area contributed by atoms with E-state index in [4.69, 9.17) is 0 Å². The molecular formula is C14H21NO2S. The van der Waals surface area contributed by atoms with E-state index in [0.717, 1.165) is 17.5 Å². The van der Waals surface area contributed by atoms with Crippen LogP contribution in [-0.2, 0) is 10.0 Å². The Morgan fingerprint density at radius 2 is 1.83 bits per heavy atom. The van der Waals surface area contributed by atoms with Gasteiger partial charge in [0.25, 0.3) is 0 Å². The summed E-state index contributed by atoms with van der Waals surface area (Å²) >= 11 is 0. The fraction of sp³-hybridized carbons (Fsp3) is 0.429. The maximum atomic E-state index is 11.7. The Hall–Kier alpha value is -1.13. The lowest BCUT2D eigenvalue weighted by molar-refractivity contribution is 0.557. The van der Waals surface area contributed by atoms with Gasteiger partial charge in [0.2, 0.25) is 10.0 Å². The molecule has 0 aliphatic rings. The lowest BCUT2D eigenvalue weighted by atomic mass is 10.1. The van der Waals surface area contributed by atoms with Gasteiger partial charge in [-0.05, 0) is 30.9 Å². The summed E-state index contributed by atoms with van der Waals surface area (Å²) in [5, 5.41) is 1.22. The summed E-state index contributed by atoms with van der Waals surface area (Å²) in [4.78, 5) is 0. The number of hydrogen-bond donors (Lipinski definition) is 1. The first-order valence-corrected chi connectivity index (χ1v) is 7.68. The van der Waals surface area contributed by atoms with Crippen molar-refractivity contribution in [2.75, 3.05) is 6.54 Å². The van der Waals surface area contributed by atoms with E-state index >= 15 is 0 Å². The highest BCUT2D eigenvalue weighted by molar-refractivity contribution is 7.92. The van der Waals surface area contributed by atoms with Gasteiger partial charge >= 0.3 is 0 Å². The molecular weight excluding hydrogens is 246 g/mol. The van der Waals surface area contributed by atoms with Crippen LogP contribution in [0.25, 0.3) is 6.08 Å². The van der Waals surface area contributed by atoms with Crippen molar-refractivity contribution in [2.45, 2.75) is 27.2 Å². The van der Waals surface area contributed by atoms with Crippen molar-refractivity contribution in [3.05, 3.63) is 40.8 Å². The number of sulfonamides is 1. The Morgan fingerprint density at radius 1 is 1.22 bits per heavy atom. The SMILES string of the molecule is Cc1ccc(/C=C/S(=O)(=O)NCCC(C)C)cc1. The molecule has 3 nitrogen and oxygen atoms in total. The van der Waals surface area contributed by atoms with Crippen LogP contribution >= 0.6 is 0 Å². The van der Waals surface area contributed by atoms with Crippen LogP contribution in [0.5, 0.6) is 0 Å². The first kappa shape index (κ1) is 14.9. The highest BCUT2D eigenvalue weighted by Gasteiger charge is 2.04. The van der Waals surface area contributed by atoms with Gasteiger partial charge < -0.3 is 0 Å². The highest BCUT2D eigenvalue weighted by Crippen LogP contribution is 2.06. The molecule has 18 heavy (non-hydrogen) atoms. The van der Waals surface area contributed by atoms with Crippen LogP contribution in [0.15, 0.2) is 29.7 Å². The van der Waals surface area contributed by atoms with Crippen LogP contribution in [0, 0.1) is 12.8 Å². The van der Waals surface area contributed by atoms with Gasteiger partial charge in [-0.15, -0.1) is 0 Å². The van der Waals surface area contributed by atoms with Gasteiger partial charge in [-0.1, -0.05) is 43.7 Å². The van der Waals surface area contributed by atoms with Gasteiger partial charge in [-0.25, -0.2) is 13.1 Å². The average molecular weight is 267 g/mol. The summed E-state index contributed by atoms with van der Waals surface area (Å²) < 4.78 is 25.9. The molecule has 0 heterocycles. The number of benzene rings is 1. The maximum absolute atomic E-state index is 11.7. The van der Waals surface area contributed by atoms with Crippen LogP contribution in [-0.4, -0.2) is 15.0 Å². The van der Waals surface area contributed by atoms with E-state index in [1.807, 2.05) is 31.2 Å². The van der Waals surface area contributed by atoms with Crippen LogP contribution in [0.3, 0.4) is 0 Å². The topological polar surface area (TPSA) is 46.2 Å². The van der Waals surface area contributed by atoms with Crippen molar-refractivity contribution in [3.63, 3.8) is 0 Å². The van der Waals surface area contributed by atoms with Gasteiger partial charge in [-0.3, -0.25) is 0 Å². The van der Waals surface area contributed by atoms with E-state index in [9.17, 15) is 8.42 Å². The molecule has 1 rings (SSSR count). The minimum Gasteiger partial charge on any atom is -0.212 e. The molecule has 100 valence electrons. The molecule has 1 N–H and O–H groups in total. The molecule has 1 aromatic rings. The normalized spacial score (nSPS) is 12.4. The quantitative estimate of drug-likeness (QED) is 0.861. The summed E-state index contributed by atoms with van der Waals surface area (Å²) in [5.74, 6) is 0.494. The molecule has 0 atom stereocenters. The second-order valence-electron chi connectivity index (χ2n) is 4.84. The first-order chi connectivity index (χ1) is 8.39. The van der Waals surface area contributed by atoms with Crippen molar-refractivity contribution in [1.82, 2.24) is 4.72 Å². The zero-order valence-electron chi connectivity index (χ0n) is 11.2. The third-order valence-electron chi connectivity index (χ3n) is 2.54. The smallest absolute Gasteiger partial charge is 0.212 e. The fourth-order valence-electron chi connectivity index (χ4n) is 1.38. The van der Waals surface area contributed by atoms with E-state index in [1.165, 1.54) is 5.41 Å². The van der Waals surface area contributed by atoms with E-state index in [2.05, 4.69) is 18.6 Å². The molecule has 0 unspecified atom stereocenters. The summed E-state index contributed by atoms with van der Waals surface area (Å²) in [6.07, 6.45) is 2.45. The molecule has 0 saturated heterocycles. The molecule has 0 bridgehead atoms. The minimum atomic E-state index is -3.32. The van der Waals surface area contributed by atoms with Gasteiger partial charge in [0, 0.05) is 12.0 Å².